The van der Waals surface area contributed by atoms with Gasteiger partial charge in [0.2, 0.25) is 0 Å². The van der Waals surface area contributed by atoms with Crippen molar-refractivity contribution >= 4 is 38.7 Å². The Hall–Kier alpha value is -1.37. The van der Waals surface area contributed by atoms with Crippen molar-refractivity contribution in [2.24, 2.45) is 0 Å². The minimum atomic E-state index is -3.63. The van der Waals surface area contributed by atoms with Gasteiger partial charge in [0.1, 0.15) is 0 Å². The lowest BCUT2D eigenvalue weighted by atomic mass is 10.1. The molecule has 0 atom stereocenters. The summed E-state index contributed by atoms with van der Waals surface area (Å²) in [5.41, 5.74) is 0.782. The highest BCUT2D eigenvalue weighted by Crippen LogP contribution is 2.27. The summed E-state index contributed by atoms with van der Waals surface area (Å²) in [5, 5.41) is 12.7. The molecular formula is C13H11ClO4S2. The molecule has 7 heteroatoms. The monoisotopic (exact) mass is 330 g/mol. The van der Waals surface area contributed by atoms with Crippen molar-refractivity contribution in [3.63, 3.8) is 0 Å². The van der Waals surface area contributed by atoms with Crippen molar-refractivity contribution < 1.29 is 18.3 Å². The van der Waals surface area contributed by atoms with Gasteiger partial charge in [-0.25, -0.2) is 13.2 Å². The average Bonchev–Trinajstić information content (AvgIpc) is 2.83. The first-order valence-corrected chi connectivity index (χ1v) is 8.56. The van der Waals surface area contributed by atoms with Gasteiger partial charge in [-0.05, 0) is 47.0 Å². The molecule has 0 unspecified atom stereocenters. The van der Waals surface area contributed by atoms with Gasteiger partial charge in [-0.1, -0.05) is 11.6 Å². The van der Waals surface area contributed by atoms with Crippen LogP contribution in [-0.4, -0.2) is 19.5 Å². The SMILES string of the molecule is Cc1c(C(=O)O)cc(Cl)cc1S(=O)(=O)Cc1ccsc1. The maximum absolute atomic E-state index is 12.4. The van der Waals surface area contributed by atoms with E-state index in [1.807, 2.05) is 0 Å². The quantitative estimate of drug-likeness (QED) is 0.932. The Labute approximate surface area is 125 Å². The smallest absolute Gasteiger partial charge is 0.336 e. The summed E-state index contributed by atoms with van der Waals surface area (Å²) >= 11 is 7.23. The Morgan fingerprint density at radius 1 is 1.40 bits per heavy atom. The van der Waals surface area contributed by atoms with Crippen molar-refractivity contribution in [3.8, 4) is 0 Å². The fraction of sp³-hybridized carbons (Fsp3) is 0.154. The Morgan fingerprint density at radius 3 is 2.65 bits per heavy atom. The van der Waals surface area contributed by atoms with Crippen LogP contribution in [-0.2, 0) is 15.6 Å². The second-order valence-corrected chi connectivity index (χ2v) is 7.45. The van der Waals surface area contributed by atoms with Crippen molar-refractivity contribution in [2.75, 3.05) is 0 Å². The summed E-state index contributed by atoms with van der Waals surface area (Å²) in [7, 11) is -3.63. The summed E-state index contributed by atoms with van der Waals surface area (Å²) in [6, 6.07) is 4.27. The number of sulfone groups is 1. The second-order valence-electron chi connectivity index (χ2n) is 4.27. The predicted molar refractivity (Wildman–Crippen MR) is 78.4 cm³/mol. The first-order chi connectivity index (χ1) is 9.31. The zero-order chi connectivity index (χ0) is 14.9. The molecule has 2 aromatic rings. The number of hydrogen-bond donors (Lipinski definition) is 1. The average molecular weight is 331 g/mol. The molecule has 1 aromatic carbocycles. The fourth-order valence-electron chi connectivity index (χ4n) is 1.87. The van der Waals surface area contributed by atoms with Gasteiger partial charge in [-0.2, -0.15) is 11.3 Å². The maximum atomic E-state index is 12.4. The molecule has 1 heterocycles. The highest BCUT2D eigenvalue weighted by atomic mass is 35.5. The molecule has 0 aliphatic carbocycles. The van der Waals surface area contributed by atoms with Gasteiger partial charge in [0.15, 0.2) is 9.84 Å². The zero-order valence-corrected chi connectivity index (χ0v) is 12.8. The van der Waals surface area contributed by atoms with Crippen LogP contribution in [0, 0.1) is 6.92 Å². The molecule has 4 nitrogen and oxygen atoms in total. The first kappa shape index (κ1) is 15.0. The van der Waals surface area contributed by atoms with Crippen LogP contribution >= 0.6 is 22.9 Å². The minimum Gasteiger partial charge on any atom is -0.478 e. The number of halogens is 1. The standard InChI is InChI=1S/C13H11ClO4S2/c1-8-11(13(15)16)4-10(14)5-12(8)20(17,18)7-9-2-3-19-6-9/h2-6H,7H2,1H3,(H,15,16). The van der Waals surface area contributed by atoms with Crippen LogP contribution in [0.25, 0.3) is 0 Å². The third-order valence-corrected chi connectivity index (χ3v) is 5.58. The van der Waals surface area contributed by atoms with Crippen LogP contribution in [0.2, 0.25) is 5.02 Å². The molecule has 0 saturated carbocycles. The summed E-state index contributed by atoms with van der Waals surface area (Å²) in [4.78, 5) is 11.1. The predicted octanol–water partition coefficient (Wildman–Crippen LogP) is 3.38. The molecule has 0 radical (unpaired) electrons. The minimum absolute atomic E-state index is 0.0337. The number of thiophene rings is 1. The van der Waals surface area contributed by atoms with E-state index in [4.69, 9.17) is 16.7 Å². The van der Waals surface area contributed by atoms with E-state index in [1.165, 1.54) is 30.4 Å². The summed E-state index contributed by atoms with van der Waals surface area (Å²) in [6.07, 6.45) is 0. The van der Waals surface area contributed by atoms with Gasteiger partial charge in [0.05, 0.1) is 16.2 Å². The lowest BCUT2D eigenvalue weighted by molar-refractivity contribution is 0.0696. The highest BCUT2D eigenvalue weighted by Gasteiger charge is 2.22. The normalized spacial score (nSPS) is 11.5. The Bertz CT molecular complexity index is 749. The lowest BCUT2D eigenvalue weighted by Gasteiger charge is -2.10. The lowest BCUT2D eigenvalue weighted by Crippen LogP contribution is -2.10. The number of carboxylic acids is 1. The first-order valence-electron chi connectivity index (χ1n) is 5.58. The van der Waals surface area contributed by atoms with Crippen LogP contribution in [0.5, 0.6) is 0 Å². The molecule has 0 bridgehead atoms. The van der Waals surface area contributed by atoms with Gasteiger partial charge in [0, 0.05) is 5.02 Å². The van der Waals surface area contributed by atoms with Gasteiger partial charge < -0.3 is 5.11 Å². The fourth-order valence-corrected chi connectivity index (χ4v) is 4.59. The molecule has 0 saturated heterocycles. The number of carbonyl (C=O) groups is 1. The highest BCUT2D eigenvalue weighted by molar-refractivity contribution is 7.90. The van der Waals surface area contributed by atoms with E-state index in [1.54, 1.807) is 16.8 Å². The van der Waals surface area contributed by atoms with Crippen molar-refractivity contribution in [1.29, 1.82) is 0 Å². The van der Waals surface area contributed by atoms with Crippen molar-refractivity contribution in [3.05, 3.63) is 50.7 Å². The summed E-state index contributed by atoms with van der Waals surface area (Å²) in [6.45, 7) is 1.47. The molecule has 2 rings (SSSR count). The molecule has 0 fully saturated rings. The molecule has 1 aromatic heterocycles. The van der Waals surface area contributed by atoms with Crippen molar-refractivity contribution in [2.45, 2.75) is 17.6 Å². The molecule has 0 amide bonds. The van der Waals surface area contributed by atoms with Crippen LogP contribution < -0.4 is 0 Å². The van der Waals surface area contributed by atoms with Crippen LogP contribution in [0.15, 0.2) is 33.9 Å². The second kappa shape index (κ2) is 5.55. The molecule has 0 spiro atoms. The van der Waals surface area contributed by atoms with Crippen LogP contribution in [0.4, 0.5) is 0 Å². The third-order valence-electron chi connectivity index (χ3n) is 2.83. The van der Waals surface area contributed by atoms with Gasteiger partial charge in [0.25, 0.3) is 0 Å². The van der Waals surface area contributed by atoms with E-state index in [9.17, 15) is 13.2 Å². The molecule has 1 N–H and O–H groups in total. The number of benzene rings is 1. The Morgan fingerprint density at radius 2 is 2.10 bits per heavy atom. The number of carboxylic acid groups (broad SMARTS) is 1. The Balaban J connectivity index is 2.54. The maximum Gasteiger partial charge on any atom is 0.336 e. The third kappa shape index (κ3) is 3.03. The topological polar surface area (TPSA) is 71.4 Å². The van der Waals surface area contributed by atoms with Gasteiger partial charge >= 0.3 is 5.97 Å². The number of rotatable bonds is 4. The Kier molecular flexibility index (Phi) is 4.17. The molecular weight excluding hydrogens is 320 g/mol. The van der Waals surface area contributed by atoms with E-state index in [-0.39, 0.29) is 26.8 Å². The number of hydrogen-bond acceptors (Lipinski definition) is 4. The van der Waals surface area contributed by atoms with Gasteiger partial charge in [-0.3, -0.25) is 0 Å². The van der Waals surface area contributed by atoms with Crippen molar-refractivity contribution in [1.82, 2.24) is 0 Å². The van der Waals surface area contributed by atoms with Crippen LogP contribution in [0.3, 0.4) is 0 Å². The largest absolute Gasteiger partial charge is 0.478 e. The summed E-state index contributed by atoms with van der Waals surface area (Å²) < 4.78 is 24.8. The van der Waals surface area contributed by atoms with Gasteiger partial charge in [-0.15, -0.1) is 0 Å². The van der Waals surface area contributed by atoms with E-state index in [0.717, 1.165) is 0 Å². The number of aromatic carboxylic acids is 1. The van der Waals surface area contributed by atoms with E-state index in [0.29, 0.717) is 5.56 Å². The van der Waals surface area contributed by atoms with Crippen LogP contribution in [0.1, 0.15) is 21.5 Å². The zero-order valence-electron chi connectivity index (χ0n) is 10.5. The van der Waals surface area contributed by atoms with E-state index in [2.05, 4.69) is 0 Å². The summed E-state index contributed by atoms with van der Waals surface area (Å²) in [5.74, 6) is -1.37. The molecule has 0 aliphatic heterocycles. The molecule has 20 heavy (non-hydrogen) atoms. The molecule has 106 valence electrons. The molecule has 0 aliphatic rings. The van der Waals surface area contributed by atoms with E-state index >= 15 is 0 Å². The van der Waals surface area contributed by atoms with E-state index < -0.39 is 15.8 Å².